The van der Waals surface area contributed by atoms with Gasteiger partial charge in [-0.25, -0.2) is 8.42 Å². The van der Waals surface area contributed by atoms with Gasteiger partial charge in [-0.3, -0.25) is 0 Å². The highest BCUT2D eigenvalue weighted by Gasteiger charge is 2.23. The van der Waals surface area contributed by atoms with Gasteiger partial charge in [-0.2, -0.15) is 4.68 Å². The van der Waals surface area contributed by atoms with Gasteiger partial charge in [0.2, 0.25) is 9.84 Å². The summed E-state index contributed by atoms with van der Waals surface area (Å²) in [5.41, 5.74) is 0.703. The normalized spacial score (nSPS) is 12.8. The lowest BCUT2D eigenvalue weighted by Gasteiger charge is -2.05. The van der Waals surface area contributed by atoms with E-state index in [1.54, 1.807) is 30.3 Å². The molecular weight excluding hydrogens is 299 g/mol. The molecule has 0 N–H and O–H groups in total. The molecule has 0 atom stereocenters. The minimum absolute atomic E-state index is 0.0681. The van der Waals surface area contributed by atoms with E-state index in [1.807, 2.05) is 0 Å². The van der Waals surface area contributed by atoms with E-state index in [1.165, 1.54) is 0 Å². The van der Waals surface area contributed by atoms with E-state index in [0.717, 1.165) is 16.7 Å². The number of hydrogen-bond donors (Lipinski definition) is 0. The highest BCUT2D eigenvalue weighted by atomic mass is 32.2. The van der Waals surface area contributed by atoms with Crippen LogP contribution in [0.15, 0.2) is 35.5 Å². The quantitative estimate of drug-likeness (QED) is 0.375. The molecule has 0 amide bonds. The van der Waals surface area contributed by atoms with Gasteiger partial charge >= 0.3 is 0 Å². The van der Waals surface area contributed by atoms with Crippen molar-refractivity contribution in [1.29, 1.82) is 2.67 Å². The molecule has 0 fully saturated rings. The molecule has 0 spiro atoms. The average molecular weight is 315 g/mol. The monoisotopic (exact) mass is 315 g/mol. The maximum absolute atomic E-state index is 12.3. The summed E-state index contributed by atoms with van der Waals surface area (Å²) >= 11 is 0.902. The maximum Gasteiger partial charge on any atom is 0.272 e. The first-order valence-electron chi connectivity index (χ1n) is 6.81. The van der Waals surface area contributed by atoms with Crippen molar-refractivity contribution in [3.8, 4) is 5.69 Å². The van der Waals surface area contributed by atoms with Crippen molar-refractivity contribution in [2.24, 2.45) is 0 Å². The molecule has 0 saturated heterocycles. The lowest BCUT2D eigenvalue weighted by Crippen LogP contribution is -2.16. The second kappa shape index (κ2) is 6.86. The molecule has 0 aliphatic rings. The largest absolute Gasteiger partial charge is 0.315 e. The predicted octanol–water partition coefficient (Wildman–Crippen LogP) is -0.309. The summed E-state index contributed by atoms with van der Waals surface area (Å²) < 4.78 is 44.7. The van der Waals surface area contributed by atoms with E-state index in [2.05, 4.69) is 15.5 Å². The second-order valence-corrected chi connectivity index (χ2v) is 6.44. The highest BCUT2D eigenvalue weighted by Crippen LogP contribution is 2.13. The minimum Gasteiger partial charge on any atom is -0.315 e. The van der Waals surface area contributed by atoms with Gasteiger partial charge in [0.1, 0.15) is 7.77 Å². The van der Waals surface area contributed by atoms with Gasteiger partial charge in [0, 0.05) is 0 Å². The van der Waals surface area contributed by atoms with Gasteiger partial charge in [0.05, 0.1) is 18.0 Å². The Hall–Kier alpha value is -1.39. The van der Waals surface area contributed by atoms with Gasteiger partial charge in [-0.05, 0) is 42.9 Å². The molecule has 2 rings (SSSR count). The Kier molecular flexibility index (Phi) is 4.24. The van der Waals surface area contributed by atoms with Crippen molar-refractivity contribution >= 4 is 29.7 Å². The van der Waals surface area contributed by atoms with Crippen LogP contribution in [0, 0.1) is 0 Å². The van der Waals surface area contributed by atoms with Crippen LogP contribution in [0.1, 0.15) is 0 Å². The number of tetrazole rings is 1. The molecule has 1 aromatic carbocycles. The first kappa shape index (κ1) is 12.4. The number of para-hydroxylation sites is 1. The molecule has 7 nitrogen and oxygen atoms in total. The van der Waals surface area contributed by atoms with E-state index in [4.69, 9.17) is 6.85 Å². The fourth-order valence-electron chi connectivity index (χ4n) is 1.45. The fraction of sp³-hybridized carbons (Fsp3) is 0.300. The predicted molar refractivity (Wildman–Crippen MR) is 78.2 cm³/mol. The Balaban J connectivity index is 2.03. The number of rotatable bonds is 8. The van der Waals surface area contributed by atoms with Gasteiger partial charge in [0.25, 0.3) is 5.16 Å². The number of aromatic nitrogens is 4. The molecule has 2 aromatic rings. The van der Waals surface area contributed by atoms with E-state index < -0.39 is 17.6 Å². The maximum atomic E-state index is 12.3. The Labute approximate surface area is 125 Å². The number of nitrogens with zero attached hydrogens (tertiary/aromatic N) is 4. The topological polar surface area (TPSA) is 87.0 Å². The summed E-state index contributed by atoms with van der Waals surface area (Å²) in [7, 11) is -4.71. The molecular formula is C10H13BN4O3S2. The first-order valence-corrected chi connectivity index (χ1v) is 8.22. The molecule has 10 heteroatoms. The van der Waals surface area contributed by atoms with Crippen LogP contribution in [-0.2, 0) is 14.0 Å². The van der Waals surface area contributed by atoms with Crippen molar-refractivity contribution in [3.63, 3.8) is 0 Å². The van der Waals surface area contributed by atoms with Crippen molar-refractivity contribution in [1.82, 2.24) is 20.2 Å². The molecule has 0 saturated carbocycles. The smallest absolute Gasteiger partial charge is 0.272 e. The molecule has 20 heavy (non-hydrogen) atoms. The SMILES string of the molecule is [2H]B([3H])CSOCCS(=O)(=O)c1nnnn1-c1ccccc1. The van der Waals surface area contributed by atoms with Crippen LogP contribution in [0.5, 0.6) is 0 Å². The number of sulfone groups is 1. The molecule has 1 heterocycles. The second-order valence-electron chi connectivity index (χ2n) is 3.63. The van der Waals surface area contributed by atoms with Crippen molar-refractivity contribution in [2.75, 3.05) is 18.0 Å². The zero-order valence-electron chi connectivity index (χ0n) is 12.4. The Morgan fingerprint density at radius 3 is 3.05 bits per heavy atom. The third kappa shape index (κ3) is 3.59. The fourth-order valence-corrected chi connectivity index (χ4v) is 2.90. The summed E-state index contributed by atoms with van der Waals surface area (Å²) in [6.07, 6.45) is 0. The van der Waals surface area contributed by atoms with Crippen molar-refractivity contribution < 1.29 is 12.6 Å². The Bertz CT molecular complexity index is 699. The summed E-state index contributed by atoms with van der Waals surface area (Å²) in [4.78, 5) is 0. The zero-order chi connectivity index (χ0) is 16.0. The van der Waals surface area contributed by atoms with E-state index in [-0.39, 0.29) is 23.2 Å². The minimum atomic E-state index is -3.70. The van der Waals surface area contributed by atoms with Crippen LogP contribution >= 0.6 is 12.0 Å². The van der Waals surface area contributed by atoms with Crippen molar-refractivity contribution in [3.05, 3.63) is 30.3 Å². The summed E-state index contributed by atoms with van der Waals surface area (Å²) in [5.74, 6) is -0.284. The van der Waals surface area contributed by atoms with Crippen molar-refractivity contribution in [2.45, 2.75) is 5.16 Å². The third-order valence-corrected chi connectivity index (χ3v) is 4.29. The Morgan fingerprint density at radius 2 is 2.30 bits per heavy atom. The summed E-state index contributed by atoms with van der Waals surface area (Å²) in [5, 5.41) is 10.5. The lowest BCUT2D eigenvalue weighted by molar-refractivity contribution is 0.402. The third-order valence-electron chi connectivity index (χ3n) is 2.31. The molecule has 0 unspecified atom stereocenters. The summed E-state index contributed by atoms with van der Waals surface area (Å²) in [6, 6.07) is 8.71. The molecule has 0 bridgehead atoms. The molecule has 0 radical (unpaired) electrons. The van der Waals surface area contributed by atoms with Gasteiger partial charge in [0.15, 0.2) is 0 Å². The van der Waals surface area contributed by atoms with Crippen LogP contribution in [0.2, 0.25) is 0 Å². The number of benzene rings is 1. The highest BCUT2D eigenvalue weighted by molar-refractivity contribution is 7.95. The molecule has 0 aliphatic heterocycles. The lowest BCUT2D eigenvalue weighted by atomic mass is 10.2. The van der Waals surface area contributed by atoms with Crippen LogP contribution in [0.4, 0.5) is 0 Å². The molecule has 1 aromatic heterocycles. The Morgan fingerprint density at radius 1 is 1.50 bits per heavy atom. The van der Waals surface area contributed by atoms with Gasteiger partial charge in [-0.15, -0.1) is 0 Å². The standard InChI is InChI=1S/C10H13BN4O3S2/c11-8-19-18-6-7-20(16,17)10-12-13-14-15(10)9-4-2-1-3-5-9/h1-5H,6-8,11H2/i11TD. The van der Waals surface area contributed by atoms with Gasteiger partial charge in [-0.1, -0.05) is 23.3 Å². The van der Waals surface area contributed by atoms with E-state index >= 15 is 0 Å². The van der Waals surface area contributed by atoms with Crippen LogP contribution in [-0.4, -0.2) is 57.1 Å². The molecule has 0 aliphatic carbocycles. The van der Waals surface area contributed by atoms with Crippen LogP contribution in [0.25, 0.3) is 5.69 Å². The van der Waals surface area contributed by atoms with E-state index in [0.29, 0.717) is 5.69 Å². The summed E-state index contributed by atoms with van der Waals surface area (Å²) in [6.45, 7) is -0.0681. The van der Waals surface area contributed by atoms with Gasteiger partial charge < -0.3 is 4.18 Å². The van der Waals surface area contributed by atoms with E-state index in [9.17, 15) is 8.42 Å². The molecule has 106 valence electrons. The van der Waals surface area contributed by atoms with Crippen LogP contribution < -0.4 is 0 Å². The zero-order valence-corrected chi connectivity index (χ0v) is 12.0. The first-order chi connectivity index (χ1) is 10.5. The number of hydrogen-bond acceptors (Lipinski definition) is 7. The average Bonchev–Trinajstić information content (AvgIpc) is 2.98. The van der Waals surface area contributed by atoms with Crippen LogP contribution in [0.3, 0.4) is 0 Å².